The minimum Gasteiger partial charge on any atom is -0.318 e. The molecule has 4 rings (SSSR count). The van der Waals surface area contributed by atoms with Crippen LogP contribution in [-0.2, 0) is 6.42 Å². The van der Waals surface area contributed by atoms with E-state index in [2.05, 4.69) is 10.3 Å². The lowest BCUT2D eigenvalue weighted by Crippen LogP contribution is -2.35. The Morgan fingerprint density at radius 3 is 2.69 bits per heavy atom. The molecule has 2 amide bonds. The number of hydrogen-bond acceptors (Lipinski definition) is 3. The third-order valence-electron chi connectivity index (χ3n) is 4.77. The van der Waals surface area contributed by atoms with Gasteiger partial charge < -0.3 is 10.2 Å². The zero-order chi connectivity index (χ0) is 20.4. The van der Waals surface area contributed by atoms with Gasteiger partial charge in [-0.1, -0.05) is 18.2 Å². The monoisotopic (exact) mass is 393 g/mol. The van der Waals surface area contributed by atoms with Gasteiger partial charge in [0, 0.05) is 30.1 Å². The Kier molecular flexibility index (Phi) is 5.03. The lowest BCUT2D eigenvalue weighted by molar-refractivity contribution is 0.0985. The van der Waals surface area contributed by atoms with E-state index in [0.717, 1.165) is 36.2 Å². The quantitative estimate of drug-likeness (QED) is 0.725. The molecule has 0 spiro atoms. The van der Waals surface area contributed by atoms with Crippen molar-refractivity contribution in [3.8, 4) is 0 Å². The first-order chi connectivity index (χ1) is 14.0. The SMILES string of the molecule is O=C(Nc1ccc(F)cc1F)c1cc(C(=O)N2CCCc3ccccc32)ccn1. The molecule has 0 saturated carbocycles. The number of amides is 2. The summed E-state index contributed by atoms with van der Waals surface area (Å²) in [5.41, 5.74) is 2.07. The van der Waals surface area contributed by atoms with Crippen molar-refractivity contribution in [2.75, 3.05) is 16.8 Å². The van der Waals surface area contributed by atoms with Crippen LogP contribution in [0.4, 0.5) is 20.2 Å². The van der Waals surface area contributed by atoms with E-state index in [4.69, 9.17) is 0 Å². The van der Waals surface area contributed by atoms with E-state index in [1.54, 1.807) is 4.90 Å². The topological polar surface area (TPSA) is 62.3 Å². The number of nitrogens with zero attached hydrogens (tertiary/aromatic N) is 2. The first kappa shape index (κ1) is 18.7. The molecule has 0 saturated heterocycles. The van der Waals surface area contributed by atoms with Gasteiger partial charge in [-0.15, -0.1) is 0 Å². The summed E-state index contributed by atoms with van der Waals surface area (Å²) in [6.45, 7) is 0.584. The highest BCUT2D eigenvalue weighted by molar-refractivity contribution is 6.09. The van der Waals surface area contributed by atoms with Crippen molar-refractivity contribution in [1.82, 2.24) is 4.98 Å². The average molecular weight is 393 g/mol. The van der Waals surface area contributed by atoms with Crippen molar-refractivity contribution in [2.24, 2.45) is 0 Å². The number of carbonyl (C=O) groups excluding carboxylic acids is 2. The summed E-state index contributed by atoms with van der Waals surface area (Å²) in [5, 5.41) is 2.35. The molecule has 0 radical (unpaired) electrons. The van der Waals surface area contributed by atoms with Crippen molar-refractivity contribution < 1.29 is 18.4 Å². The number of para-hydroxylation sites is 1. The van der Waals surface area contributed by atoms with Crippen molar-refractivity contribution >= 4 is 23.2 Å². The summed E-state index contributed by atoms with van der Waals surface area (Å²) in [4.78, 5) is 31.2. The zero-order valence-corrected chi connectivity index (χ0v) is 15.4. The fraction of sp³-hybridized carbons (Fsp3) is 0.136. The van der Waals surface area contributed by atoms with Crippen LogP contribution in [-0.4, -0.2) is 23.3 Å². The van der Waals surface area contributed by atoms with Gasteiger partial charge in [0.05, 0.1) is 5.69 Å². The van der Waals surface area contributed by atoms with Gasteiger partial charge in [0.15, 0.2) is 0 Å². The van der Waals surface area contributed by atoms with Crippen LogP contribution >= 0.6 is 0 Å². The molecule has 1 aromatic heterocycles. The third-order valence-corrected chi connectivity index (χ3v) is 4.77. The number of hydrogen-bond donors (Lipinski definition) is 1. The second kappa shape index (κ2) is 7.79. The molecule has 0 unspecified atom stereocenters. The van der Waals surface area contributed by atoms with Gasteiger partial charge in [0.1, 0.15) is 17.3 Å². The molecule has 1 N–H and O–H groups in total. The van der Waals surface area contributed by atoms with E-state index in [9.17, 15) is 18.4 Å². The molecular weight excluding hydrogens is 376 g/mol. The van der Waals surface area contributed by atoms with Crippen LogP contribution in [0.1, 0.15) is 32.8 Å². The Morgan fingerprint density at radius 2 is 1.86 bits per heavy atom. The van der Waals surface area contributed by atoms with Crippen LogP contribution in [0.5, 0.6) is 0 Å². The van der Waals surface area contributed by atoms with Crippen LogP contribution < -0.4 is 10.2 Å². The number of benzene rings is 2. The maximum Gasteiger partial charge on any atom is 0.274 e. The number of rotatable bonds is 3. The second-order valence-electron chi connectivity index (χ2n) is 6.70. The van der Waals surface area contributed by atoms with Gasteiger partial charge >= 0.3 is 0 Å². The largest absolute Gasteiger partial charge is 0.318 e. The maximum atomic E-state index is 13.8. The van der Waals surface area contributed by atoms with Gasteiger partial charge in [0.25, 0.3) is 11.8 Å². The van der Waals surface area contributed by atoms with Crippen molar-refractivity contribution in [3.05, 3.63) is 89.2 Å². The highest BCUT2D eigenvalue weighted by Gasteiger charge is 2.24. The summed E-state index contributed by atoms with van der Waals surface area (Å²) in [5.74, 6) is -2.56. The van der Waals surface area contributed by atoms with Crippen LogP contribution in [0.2, 0.25) is 0 Å². The Balaban J connectivity index is 1.57. The maximum absolute atomic E-state index is 13.8. The standard InChI is InChI=1S/C22H17F2N3O2/c23-16-7-8-18(17(24)13-16)26-21(28)19-12-15(9-10-25-19)22(29)27-11-3-5-14-4-1-2-6-20(14)27/h1-2,4,6-10,12-13H,3,5,11H2,(H,26,28). The number of halogens is 2. The normalized spacial score (nSPS) is 13.0. The first-order valence-corrected chi connectivity index (χ1v) is 9.15. The molecule has 7 heteroatoms. The molecule has 29 heavy (non-hydrogen) atoms. The number of anilines is 2. The predicted molar refractivity (Wildman–Crippen MR) is 105 cm³/mol. The van der Waals surface area contributed by atoms with Crippen molar-refractivity contribution in [1.29, 1.82) is 0 Å². The minimum atomic E-state index is -0.893. The van der Waals surface area contributed by atoms with E-state index < -0.39 is 17.5 Å². The highest BCUT2D eigenvalue weighted by Crippen LogP contribution is 2.28. The van der Waals surface area contributed by atoms with E-state index in [-0.39, 0.29) is 17.3 Å². The van der Waals surface area contributed by atoms with Crippen LogP contribution in [0.3, 0.4) is 0 Å². The van der Waals surface area contributed by atoms with Gasteiger partial charge in [-0.2, -0.15) is 0 Å². The molecule has 0 aliphatic carbocycles. The number of aromatic nitrogens is 1. The van der Waals surface area contributed by atoms with Crippen molar-refractivity contribution in [2.45, 2.75) is 12.8 Å². The minimum absolute atomic E-state index is 0.0372. The van der Waals surface area contributed by atoms with Crippen LogP contribution in [0.15, 0.2) is 60.8 Å². The molecule has 2 heterocycles. The second-order valence-corrected chi connectivity index (χ2v) is 6.70. The zero-order valence-electron chi connectivity index (χ0n) is 15.4. The molecule has 1 aliphatic rings. The van der Waals surface area contributed by atoms with Gasteiger partial charge in [0.2, 0.25) is 0 Å². The summed E-state index contributed by atoms with van der Waals surface area (Å²) in [7, 11) is 0. The van der Waals surface area contributed by atoms with Crippen LogP contribution in [0.25, 0.3) is 0 Å². The summed E-state index contributed by atoms with van der Waals surface area (Å²) < 4.78 is 26.8. The molecule has 5 nitrogen and oxygen atoms in total. The Bertz CT molecular complexity index is 1100. The molecule has 1 aliphatic heterocycles. The molecule has 146 valence electrons. The number of nitrogens with one attached hydrogen (secondary N) is 1. The van der Waals surface area contributed by atoms with E-state index in [0.29, 0.717) is 18.2 Å². The third kappa shape index (κ3) is 3.85. The van der Waals surface area contributed by atoms with E-state index in [1.165, 1.54) is 18.3 Å². The van der Waals surface area contributed by atoms with Gasteiger partial charge in [-0.3, -0.25) is 14.6 Å². The lowest BCUT2D eigenvalue weighted by atomic mass is 10.0. The molecule has 2 aromatic carbocycles. The average Bonchev–Trinajstić information content (AvgIpc) is 2.75. The molecule has 0 bridgehead atoms. The van der Waals surface area contributed by atoms with Gasteiger partial charge in [-0.05, 0) is 48.7 Å². The molecule has 0 atom stereocenters. The van der Waals surface area contributed by atoms with Gasteiger partial charge in [-0.25, -0.2) is 8.78 Å². The molecular formula is C22H17F2N3O2. The highest BCUT2D eigenvalue weighted by atomic mass is 19.1. The van der Waals surface area contributed by atoms with E-state index >= 15 is 0 Å². The Morgan fingerprint density at radius 1 is 1.03 bits per heavy atom. The first-order valence-electron chi connectivity index (χ1n) is 9.15. The number of pyridine rings is 1. The number of carbonyl (C=O) groups is 2. The lowest BCUT2D eigenvalue weighted by Gasteiger charge is -2.29. The smallest absolute Gasteiger partial charge is 0.274 e. The predicted octanol–water partition coefficient (Wildman–Crippen LogP) is 4.21. The van der Waals surface area contributed by atoms with Crippen LogP contribution in [0, 0.1) is 11.6 Å². The summed E-state index contributed by atoms with van der Waals surface area (Å²) in [6.07, 6.45) is 3.12. The number of fused-ring (bicyclic) bond motifs is 1. The summed E-state index contributed by atoms with van der Waals surface area (Å²) >= 11 is 0. The molecule has 3 aromatic rings. The molecule has 0 fully saturated rings. The number of aryl methyl sites for hydroxylation is 1. The van der Waals surface area contributed by atoms with E-state index in [1.807, 2.05) is 24.3 Å². The Labute approximate surface area is 166 Å². The fourth-order valence-electron chi connectivity index (χ4n) is 3.37. The Hall–Kier alpha value is -3.61. The fourth-order valence-corrected chi connectivity index (χ4v) is 3.37. The van der Waals surface area contributed by atoms with Crippen molar-refractivity contribution in [3.63, 3.8) is 0 Å². The summed E-state index contributed by atoms with van der Waals surface area (Å²) in [6, 6.07) is 13.5.